The van der Waals surface area contributed by atoms with Crippen molar-refractivity contribution in [3.8, 4) is 0 Å². The molecule has 72 valence electrons. The highest BCUT2D eigenvalue weighted by molar-refractivity contribution is 9.10. The second-order valence-corrected chi connectivity index (χ2v) is 3.91. The summed E-state index contributed by atoms with van der Waals surface area (Å²) in [4.78, 5) is 7.03. The first kappa shape index (κ1) is 9.42. The highest BCUT2D eigenvalue weighted by atomic mass is 79.9. The van der Waals surface area contributed by atoms with Crippen LogP contribution in [0.2, 0.25) is 0 Å². The third kappa shape index (κ3) is 2.02. The molecule has 0 bridgehead atoms. The number of halogens is 1. The van der Waals surface area contributed by atoms with Crippen molar-refractivity contribution in [1.29, 1.82) is 0 Å². The maximum atomic E-state index is 5.02. The third-order valence-electron chi connectivity index (χ3n) is 1.61. The van der Waals surface area contributed by atoms with E-state index in [2.05, 4.69) is 31.3 Å². The molecule has 2 heterocycles. The van der Waals surface area contributed by atoms with Gasteiger partial charge in [0, 0.05) is 23.1 Å². The minimum absolute atomic E-state index is 0.606. The van der Waals surface area contributed by atoms with Crippen molar-refractivity contribution in [2.45, 2.75) is 0 Å². The molecule has 0 radical (unpaired) electrons. The van der Waals surface area contributed by atoms with Crippen molar-refractivity contribution in [3.63, 3.8) is 0 Å². The van der Waals surface area contributed by atoms with E-state index in [0.29, 0.717) is 4.77 Å². The van der Waals surface area contributed by atoms with E-state index >= 15 is 0 Å². The first-order valence-electron chi connectivity index (χ1n) is 3.90. The minimum Gasteiger partial charge on any atom is -0.336 e. The van der Waals surface area contributed by atoms with Crippen molar-refractivity contribution in [2.24, 2.45) is 0 Å². The summed E-state index contributed by atoms with van der Waals surface area (Å²) in [7, 11) is 0. The monoisotopic (exact) mass is 270 g/mol. The summed E-state index contributed by atoms with van der Waals surface area (Å²) in [6.45, 7) is 0. The molecule has 0 atom stereocenters. The molecule has 0 amide bonds. The largest absolute Gasteiger partial charge is 0.336 e. The molecule has 0 aliphatic carbocycles. The van der Waals surface area contributed by atoms with E-state index in [4.69, 9.17) is 12.2 Å². The summed E-state index contributed by atoms with van der Waals surface area (Å²) in [6, 6.07) is 3.77. The SMILES string of the molecule is S=c1[nH]ccn1Nc1ccc(Br)cn1. The van der Waals surface area contributed by atoms with Gasteiger partial charge in [-0.15, -0.1) is 0 Å². The zero-order chi connectivity index (χ0) is 9.97. The van der Waals surface area contributed by atoms with E-state index in [1.165, 1.54) is 0 Å². The Kier molecular flexibility index (Phi) is 2.64. The van der Waals surface area contributed by atoms with Crippen LogP contribution in [-0.2, 0) is 0 Å². The predicted molar refractivity (Wildman–Crippen MR) is 60.6 cm³/mol. The van der Waals surface area contributed by atoms with Crippen molar-refractivity contribution < 1.29 is 0 Å². The van der Waals surface area contributed by atoms with E-state index in [-0.39, 0.29) is 0 Å². The Labute approximate surface area is 94.1 Å². The summed E-state index contributed by atoms with van der Waals surface area (Å²) < 4.78 is 3.24. The van der Waals surface area contributed by atoms with Gasteiger partial charge in [0.25, 0.3) is 0 Å². The smallest absolute Gasteiger partial charge is 0.196 e. The van der Waals surface area contributed by atoms with Crippen LogP contribution >= 0.6 is 28.1 Å². The maximum Gasteiger partial charge on any atom is 0.196 e. The van der Waals surface area contributed by atoms with Crippen molar-refractivity contribution in [1.82, 2.24) is 14.6 Å². The van der Waals surface area contributed by atoms with Crippen LogP contribution in [0.5, 0.6) is 0 Å². The standard InChI is InChI=1S/C8H7BrN4S/c9-6-1-2-7(11-5-6)12-13-4-3-10-8(13)14/h1-5H,(H,10,14)(H,11,12). The van der Waals surface area contributed by atoms with Gasteiger partial charge in [0.15, 0.2) is 4.77 Å². The summed E-state index contributed by atoms with van der Waals surface area (Å²) in [5.41, 5.74) is 3.03. The summed E-state index contributed by atoms with van der Waals surface area (Å²) in [5, 5.41) is 0. The Hall–Kier alpha value is -1.14. The molecule has 0 aliphatic rings. The fraction of sp³-hybridized carbons (Fsp3) is 0. The van der Waals surface area contributed by atoms with Gasteiger partial charge in [-0.25, -0.2) is 9.66 Å². The molecule has 0 unspecified atom stereocenters. The molecule has 2 rings (SSSR count). The van der Waals surface area contributed by atoms with Gasteiger partial charge in [0.05, 0.1) is 0 Å². The lowest BCUT2D eigenvalue weighted by Crippen LogP contribution is -2.08. The fourth-order valence-corrected chi connectivity index (χ4v) is 1.38. The molecule has 0 fully saturated rings. The summed E-state index contributed by atoms with van der Waals surface area (Å²) in [6.07, 6.45) is 5.28. The molecule has 0 saturated carbocycles. The molecule has 0 spiro atoms. The quantitative estimate of drug-likeness (QED) is 0.825. The molecule has 2 N–H and O–H groups in total. The van der Waals surface area contributed by atoms with Crippen LogP contribution < -0.4 is 5.43 Å². The van der Waals surface area contributed by atoms with Crippen molar-refractivity contribution >= 4 is 34.0 Å². The number of imidazole rings is 1. The average Bonchev–Trinajstić information content (AvgIpc) is 2.56. The van der Waals surface area contributed by atoms with Crippen LogP contribution in [0.4, 0.5) is 5.82 Å². The molecule has 14 heavy (non-hydrogen) atoms. The van der Waals surface area contributed by atoms with Crippen LogP contribution in [0.1, 0.15) is 0 Å². The summed E-state index contributed by atoms with van der Waals surface area (Å²) in [5.74, 6) is 0.740. The Morgan fingerprint density at radius 2 is 2.36 bits per heavy atom. The van der Waals surface area contributed by atoms with Gasteiger partial charge in [0.2, 0.25) is 0 Å². The number of pyridine rings is 1. The molecule has 0 saturated heterocycles. The Balaban J connectivity index is 2.23. The van der Waals surface area contributed by atoms with E-state index in [1.54, 1.807) is 23.3 Å². The highest BCUT2D eigenvalue weighted by Crippen LogP contribution is 2.10. The Bertz CT molecular complexity index is 473. The molecular weight excluding hydrogens is 264 g/mol. The first-order valence-corrected chi connectivity index (χ1v) is 5.10. The van der Waals surface area contributed by atoms with Crippen LogP contribution in [0, 0.1) is 4.77 Å². The topological polar surface area (TPSA) is 45.6 Å². The molecule has 4 nitrogen and oxygen atoms in total. The van der Waals surface area contributed by atoms with E-state index < -0.39 is 0 Å². The van der Waals surface area contributed by atoms with Gasteiger partial charge in [-0.3, -0.25) is 5.43 Å². The number of H-pyrrole nitrogens is 1. The molecular formula is C8H7BrN4S. The number of hydrogen-bond donors (Lipinski definition) is 2. The van der Waals surface area contributed by atoms with Gasteiger partial charge < -0.3 is 4.98 Å². The van der Waals surface area contributed by atoms with Crippen LogP contribution in [0.3, 0.4) is 0 Å². The fourth-order valence-electron chi connectivity index (χ4n) is 0.974. The van der Waals surface area contributed by atoms with Gasteiger partial charge >= 0.3 is 0 Å². The predicted octanol–water partition coefficient (Wildman–Crippen LogP) is 2.58. The first-order chi connectivity index (χ1) is 6.75. The third-order valence-corrected chi connectivity index (χ3v) is 2.40. The second kappa shape index (κ2) is 3.93. The molecule has 0 aromatic carbocycles. The lowest BCUT2D eigenvalue weighted by molar-refractivity contribution is 0.920. The number of hydrogen-bond acceptors (Lipinski definition) is 3. The Morgan fingerprint density at radius 1 is 1.50 bits per heavy atom. The number of anilines is 1. The van der Waals surface area contributed by atoms with E-state index in [0.717, 1.165) is 10.3 Å². The van der Waals surface area contributed by atoms with Crippen molar-refractivity contribution in [3.05, 3.63) is 40.0 Å². The lowest BCUT2D eigenvalue weighted by Gasteiger charge is -2.04. The van der Waals surface area contributed by atoms with Crippen LogP contribution in [-0.4, -0.2) is 14.6 Å². The minimum atomic E-state index is 0.606. The zero-order valence-electron chi connectivity index (χ0n) is 7.07. The van der Waals surface area contributed by atoms with Crippen LogP contribution in [0.25, 0.3) is 0 Å². The molecule has 6 heteroatoms. The summed E-state index contributed by atoms with van der Waals surface area (Å²) >= 11 is 8.33. The number of nitrogens with one attached hydrogen (secondary N) is 2. The van der Waals surface area contributed by atoms with E-state index in [1.807, 2.05) is 12.1 Å². The van der Waals surface area contributed by atoms with Crippen molar-refractivity contribution in [2.75, 3.05) is 5.43 Å². The van der Waals surface area contributed by atoms with Gasteiger partial charge in [0.1, 0.15) is 5.82 Å². The zero-order valence-corrected chi connectivity index (χ0v) is 9.47. The van der Waals surface area contributed by atoms with Gasteiger partial charge in [-0.05, 0) is 40.3 Å². The lowest BCUT2D eigenvalue weighted by atomic mass is 10.5. The maximum absolute atomic E-state index is 5.02. The second-order valence-electron chi connectivity index (χ2n) is 2.61. The molecule has 2 aromatic rings. The van der Waals surface area contributed by atoms with E-state index in [9.17, 15) is 0 Å². The molecule has 2 aromatic heterocycles. The highest BCUT2D eigenvalue weighted by Gasteiger charge is 1.95. The van der Waals surface area contributed by atoms with Crippen LogP contribution in [0.15, 0.2) is 35.2 Å². The average molecular weight is 271 g/mol. The Morgan fingerprint density at radius 3 is 2.93 bits per heavy atom. The number of rotatable bonds is 2. The number of nitrogens with zero attached hydrogens (tertiary/aromatic N) is 2. The van der Waals surface area contributed by atoms with Gasteiger partial charge in [-0.1, -0.05) is 0 Å². The number of aromatic amines is 1. The number of aromatic nitrogens is 3. The van der Waals surface area contributed by atoms with Gasteiger partial charge in [-0.2, -0.15) is 0 Å². The normalized spacial score (nSPS) is 10.1. The molecule has 0 aliphatic heterocycles.